The first-order valence-electron chi connectivity index (χ1n) is 6.32. The number of phenols is 1. The minimum Gasteiger partial charge on any atom is -0.507 e. The van der Waals surface area contributed by atoms with Crippen LogP contribution < -0.4 is 5.73 Å². The highest BCUT2D eigenvalue weighted by Gasteiger charge is 2.19. The van der Waals surface area contributed by atoms with Crippen molar-refractivity contribution in [2.24, 2.45) is 11.7 Å². The summed E-state index contributed by atoms with van der Waals surface area (Å²) in [6.07, 6.45) is 0.675. The maximum Gasteiger partial charge on any atom is 0.339 e. The quantitative estimate of drug-likeness (QED) is 0.630. The molecule has 5 heteroatoms. The van der Waals surface area contributed by atoms with Gasteiger partial charge in [-0.05, 0) is 36.5 Å². The van der Waals surface area contributed by atoms with E-state index in [2.05, 4.69) is 13.8 Å². The Hall–Kier alpha value is -1.59. The average Bonchev–Trinajstić information content (AvgIpc) is 2.35. The third-order valence-corrected chi connectivity index (χ3v) is 3.09. The molecule has 0 fully saturated rings. The topological polar surface area (TPSA) is 104 Å². The largest absolute Gasteiger partial charge is 0.507 e. The number of benzene rings is 1. The molecule has 5 nitrogen and oxygen atoms in total. The van der Waals surface area contributed by atoms with Crippen LogP contribution in [0.2, 0.25) is 0 Å². The molecule has 0 heterocycles. The molecule has 2 atom stereocenters. The van der Waals surface area contributed by atoms with E-state index in [-0.39, 0.29) is 11.3 Å². The number of aliphatic hydroxyl groups excluding tert-OH is 1. The number of aromatic carboxylic acids is 1. The molecular weight excluding hydrogens is 246 g/mol. The average molecular weight is 267 g/mol. The van der Waals surface area contributed by atoms with Crippen LogP contribution in [0.25, 0.3) is 0 Å². The summed E-state index contributed by atoms with van der Waals surface area (Å²) in [6.45, 7) is 4.11. The fourth-order valence-electron chi connectivity index (χ4n) is 1.84. The van der Waals surface area contributed by atoms with Crippen molar-refractivity contribution in [3.8, 4) is 5.75 Å². The minimum absolute atomic E-state index is 0.205. The van der Waals surface area contributed by atoms with E-state index in [0.29, 0.717) is 17.9 Å². The molecule has 0 aromatic heterocycles. The summed E-state index contributed by atoms with van der Waals surface area (Å²) in [4.78, 5) is 10.9. The smallest absolute Gasteiger partial charge is 0.339 e. The lowest BCUT2D eigenvalue weighted by molar-refractivity contribution is 0.0693. The Morgan fingerprint density at radius 2 is 1.95 bits per heavy atom. The monoisotopic (exact) mass is 267 g/mol. The fraction of sp³-hybridized carbons (Fsp3) is 0.500. The second-order valence-corrected chi connectivity index (χ2v) is 5.15. The summed E-state index contributed by atoms with van der Waals surface area (Å²) in [5.74, 6) is -1.06. The minimum atomic E-state index is -1.22. The maximum absolute atomic E-state index is 10.9. The van der Waals surface area contributed by atoms with Gasteiger partial charge in [0.1, 0.15) is 11.3 Å². The second-order valence-electron chi connectivity index (χ2n) is 5.15. The van der Waals surface area contributed by atoms with E-state index in [1.165, 1.54) is 18.2 Å². The number of nitrogens with two attached hydrogens (primary N) is 1. The number of carbonyl (C=O) groups is 1. The number of hydrogen-bond donors (Lipinski definition) is 4. The van der Waals surface area contributed by atoms with Crippen molar-refractivity contribution in [3.05, 3.63) is 29.3 Å². The molecule has 0 bridgehead atoms. The zero-order valence-corrected chi connectivity index (χ0v) is 11.2. The van der Waals surface area contributed by atoms with E-state index in [9.17, 15) is 15.0 Å². The van der Waals surface area contributed by atoms with Crippen LogP contribution in [0.15, 0.2) is 18.2 Å². The summed E-state index contributed by atoms with van der Waals surface area (Å²) >= 11 is 0. The Balaban J connectivity index is 2.84. The van der Waals surface area contributed by atoms with Crippen molar-refractivity contribution in [1.29, 1.82) is 0 Å². The van der Waals surface area contributed by atoms with Gasteiger partial charge in [0.25, 0.3) is 0 Å². The van der Waals surface area contributed by atoms with Crippen molar-refractivity contribution in [1.82, 2.24) is 0 Å². The molecule has 0 aliphatic heterocycles. The highest BCUT2D eigenvalue weighted by Crippen LogP contribution is 2.25. The Bertz CT molecular complexity index is 445. The normalized spacial score (nSPS) is 14.4. The highest BCUT2D eigenvalue weighted by molar-refractivity contribution is 5.90. The molecular formula is C14H21NO4. The van der Waals surface area contributed by atoms with E-state index >= 15 is 0 Å². The van der Waals surface area contributed by atoms with Crippen LogP contribution in [0.5, 0.6) is 5.75 Å². The van der Waals surface area contributed by atoms with Crippen molar-refractivity contribution in [3.63, 3.8) is 0 Å². The molecule has 0 radical (unpaired) electrons. The van der Waals surface area contributed by atoms with E-state index in [1.807, 2.05) is 0 Å². The van der Waals surface area contributed by atoms with E-state index in [0.717, 1.165) is 6.42 Å². The van der Waals surface area contributed by atoms with Gasteiger partial charge in [0, 0.05) is 0 Å². The SMILES string of the molecule is CC(C)CC[C@H](O)[C@H](N)c1ccc(O)c(C(=O)O)c1. The Kier molecular flexibility index (Phi) is 5.32. The molecule has 0 unspecified atom stereocenters. The lowest BCUT2D eigenvalue weighted by atomic mass is 9.95. The summed E-state index contributed by atoms with van der Waals surface area (Å²) in [5, 5.41) is 28.3. The van der Waals surface area contributed by atoms with Crippen molar-refractivity contribution < 1.29 is 20.1 Å². The number of aromatic hydroxyl groups is 1. The number of aliphatic hydroxyl groups is 1. The van der Waals surface area contributed by atoms with E-state index in [4.69, 9.17) is 10.8 Å². The fourth-order valence-corrected chi connectivity index (χ4v) is 1.84. The van der Waals surface area contributed by atoms with Gasteiger partial charge in [-0.3, -0.25) is 0 Å². The van der Waals surface area contributed by atoms with Crippen molar-refractivity contribution in [2.45, 2.75) is 38.8 Å². The lowest BCUT2D eigenvalue weighted by Crippen LogP contribution is -2.26. The van der Waals surface area contributed by atoms with Gasteiger partial charge in [-0.2, -0.15) is 0 Å². The van der Waals surface area contributed by atoms with Gasteiger partial charge < -0.3 is 21.1 Å². The number of hydrogen-bond acceptors (Lipinski definition) is 4. The molecule has 0 spiro atoms. The lowest BCUT2D eigenvalue weighted by Gasteiger charge is -2.20. The van der Waals surface area contributed by atoms with Gasteiger partial charge in [0.2, 0.25) is 0 Å². The zero-order chi connectivity index (χ0) is 14.6. The van der Waals surface area contributed by atoms with Crippen molar-refractivity contribution in [2.75, 3.05) is 0 Å². The molecule has 1 rings (SSSR count). The Morgan fingerprint density at radius 1 is 1.32 bits per heavy atom. The van der Waals surface area contributed by atoms with Crippen LogP contribution in [0.1, 0.15) is 48.7 Å². The van der Waals surface area contributed by atoms with Gasteiger partial charge >= 0.3 is 5.97 Å². The van der Waals surface area contributed by atoms with Gasteiger partial charge in [0.05, 0.1) is 12.1 Å². The number of carboxylic acids is 1. The molecule has 0 amide bonds. The molecule has 0 saturated heterocycles. The Labute approximate surface area is 112 Å². The third kappa shape index (κ3) is 4.22. The third-order valence-electron chi connectivity index (χ3n) is 3.09. The molecule has 5 N–H and O–H groups in total. The zero-order valence-electron chi connectivity index (χ0n) is 11.2. The van der Waals surface area contributed by atoms with Crippen LogP contribution in [-0.4, -0.2) is 27.4 Å². The van der Waals surface area contributed by atoms with Crippen LogP contribution in [0.4, 0.5) is 0 Å². The first-order chi connectivity index (χ1) is 8.82. The molecule has 106 valence electrons. The maximum atomic E-state index is 10.9. The van der Waals surface area contributed by atoms with E-state index < -0.39 is 18.1 Å². The molecule has 1 aromatic rings. The van der Waals surface area contributed by atoms with Crippen LogP contribution in [0.3, 0.4) is 0 Å². The van der Waals surface area contributed by atoms with E-state index in [1.54, 1.807) is 0 Å². The van der Waals surface area contributed by atoms with Crippen LogP contribution in [-0.2, 0) is 0 Å². The van der Waals surface area contributed by atoms with Crippen molar-refractivity contribution >= 4 is 5.97 Å². The molecule has 0 aliphatic rings. The standard InChI is InChI=1S/C14H21NO4/c1-8(2)3-5-12(17)13(15)9-4-6-11(16)10(7-9)14(18)19/h4,6-8,12-13,16-17H,3,5,15H2,1-2H3,(H,18,19)/t12-,13+/m0/s1. The predicted octanol–water partition coefficient (Wildman–Crippen LogP) is 1.89. The van der Waals surface area contributed by atoms with Gasteiger partial charge in [-0.25, -0.2) is 4.79 Å². The molecule has 1 aromatic carbocycles. The first kappa shape index (κ1) is 15.5. The highest BCUT2D eigenvalue weighted by atomic mass is 16.4. The van der Waals surface area contributed by atoms with Crippen LogP contribution >= 0.6 is 0 Å². The van der Waals surface area contributed by atoms with Crippen LogP contribution in [0, 0.1) is 5.92 Å². The summed E-state index contributed by atoms with van der Waals surface area (Å²) in [6, 6.07) is 3.47. The van der Waals surface area contributed by atoms with Gasteiger partial charge in [-0.1, -0.05) is 19.9 Å². The summed E-state index contributed by atoms with van der Waals surface area (Å²) < 4.78 is 0. The van der Waals surface area contributed by atoms with Gasteiger partial charge in [0.15, 0.2) is 0 Å². The Morgan fingerprint density at radius 3 is 2.47 bits per heavy atom. The number of carboxylic acid groups (broad SMARTS) is 1. The predicted molar refractivity (Wildman–Crippen MR) is 72.1 cm³/mol. The first-order valence-corrected chi connectivity index (χ1v) is 6.32. The summed E-state index contributed by atoms with van der Waals surface area (Å²) in [7, 11) is 0. The molecule has 0 saturated carbocycles. The van der Waals surface area contributed by atoms with Gasteiger partial charge in [-0.15, -0.1) is 0 Å². The second kappa shape index (κ2) is 6.54. The number of rotatable bonds is 6. The molecule has 19 heavy (non-hydrogen) atoms. The molecule has 0 aliphatic carbocycles. The summed E-state index contributed by atoms with van der Waals surface area (Å²) in [5.41, 5.74) is 6.22.